The molecule has 2 heterocycles. The van der Waals surface area contributed by atoms with E-state index in [1.807, 2.05) is 0 Å². The topological polar surface area (TPSA) is 24.5 Å². The SMILES string of the molecule is CCc1cc(F)cc(C(NC2CC3(CCN(C4COC4)CC3)C2)=C2CCC2)c1. The van der Waals surface area contributed by atoms with Crippen molar-refractivity contribution in [1.29, 1.82) is 0 Å². The highest BCUT2D eigenvalue weighted by Crippen LogP contribution is 2.50. The number of nitrogens with one attached hydrogen (secondary N) is 1. The summed E-state index contributed by atoms with van der Waals surface area (Å²) in [5.74, 6) is -0.106. The average molecular weight is 385 g/mol. The molecule has 0 radical (unpaired) electrons. The molecular formula is C24H33FN2O. The van der Waals surface area contributed by atoms with E-state index in [1.165, 1.54) is 56.5 Å². The zero-order valence-corrected chi connectivity index (χ0v) is 17.1. The van der Waals surface area contributed by atoms with Gasteiger partial charge in [-0.25, -0.2) is 4.39 Å². The van der Waals surface area contributed by atoms with Gasteiger partial charge in [0.1, 0.15) is 5.82 Å². The van der Waals surface area contributed by atoms with Crippen molar-refractivity contribution < 1.29 is 9.13 Å². The van der Waals surface area contributed by atoms with Gasteiger partial charge in [-0.2, -0.15) is 0 Å². The highest BCUT2D eigenvalue weighted by Gasteiger charge is 2.47. The van der Waals surface area contributed by atoms with Crippen molar-refractivity contribution in [3.63, 3.8) is 0 Å². The first-order valence-electron chi connectivity index (χ1n) is 11.2. The Morgan fingerprint density at radius 1 is 1.18 bits per heavy atom. The van der Waals surface area contributed by atoms with Gasteiger partial charge >= 0.3 is 0 Å². The lowest BCUT2D eigenvalue weighted by Crippen LogP contribution is -2.57. The summed E-state index contributed by atoms with van der Waals surface area (Å²) in [4.78, 5) is 2.64. The molecule has 0 unspecified atom stereocenters. The van der Waals surface area contributed by atoms with Gasteiger partial charge in [0, 0.05) is 17.3 Å². The Balaban J connectivity index is 1.23. The fourth-order valence-corrected chi connectivity index (χ4v) is 5.49. The Bertz CT molecular complexity index is 748. The van der Waals surface area contributed by atoms with Gasteiger partial charge in [-0.05, 0) is 99.2 Å². The molecule has 0 aromatic heterocycles. The van der Waals surface area contributed by atoms with Gasteiger partial charge in [0.05, 0.1) is 19.3 Å². The quantitative estimate of drug-likeness (QED) is 0.808. The summed E-state index contributed by atoms with van der Waals surface area (Å²) in [5.41, 5.74) is 5.43. The van der Waals surface area contributed by atoms with Crippen molar-refractivity contribution >= 4 is 5.70 Å². The minimum Gasteiger partial charge on any atom is -0.382 e. The first-order valence-corrected chi connectivity index (χ1v) is 11.2. The minimum atomic E-state index is -0.106. The molecule has 0 amide bonds. The van der Waals surface area contributed by atoms with Crippen LogP contribution in [0.25, 0.3) is 5.70 Å². The minimum absolute atomic E-state index is 0.106. The van der Waals surface area contributed by atoms with Gasteiger partial charge in [0.15, 0.2) is 0 Å². The van der Waals surface area contributed by atoms with Crippen LogP contribution in [0.4, 0.5) is 4.39 Å². The molecular weight excluding hydrogens is 351 g/mol. The fourth-order valence-electron chi connectivity index (χ4n) is 5.49. The summed E-state index contributed by atoms with van der Waals surface area (Å²) in [6, 6.07) is 6.81. The first-order chi connectivity index (χ1) is 13.6. The predicted octanol–water partition coefficient (Wildman–Crippen LogP) is 4.52. The highest BCUT2D eigenvalue weighted by atomic mass is 19.1. The number of hydrogen-bond acceptors (Lipinski definition) is 3. The molecule has 0 bridgehead atoms. The van der Waals surface area contributed by atoms with Crippen molar-refractivity contribution in [2.45, 2.75) is 70.4 Å². The fraction of sp³-hybridized carbons (Fsp3) is 0.667. The zero-order chi connectivity index (χ0) is 19.1. The maximum Gasteiger partial charge on any atom is 0.124 e. The summed E-state index contributed by atoms with van der Waals surface area (Å²) >= 11 is 0. The molecule has 4 fully saturated rings. The van der Waals surface area contributed by atoms with Crippen molar-refractivity contribution in [2.24, 2.45) is 5.41 Å². The van der Waals surface area contributed by atoms with Crippen LogP contribution in [0.15, 0.2) is 23.8 Å². The first kappa shape index (κ1) is 18.6. The second-order valence-corrected chi connectivity index (χ2v) is 9.51. The Morgan fingerprint density at radius 3 is 2.50 bits per heavy atom. The maximum absolute atomic E-state index is 14.2. The standard InChI is InChI=1S/C24H33FN2O/c1-2-17-10-19(12-20(25)11-17)23(18-4-3-5-18)26-21-13-24(14-21)6-8-27(9-7-24)22-15-28-16-22/h10-12,21-22,26H,2-9,13-16H2,1H3. The summed E-state index contributed by atoms with van der Waals surface area (Å²) in [5, 5.41) is 3.86. The molecule has 0 atom stereocenters. The summed E-state index contributed by atoms with van der Waals surface area (Å²) < 4.78 is 19.5. The van der Waals surface area contributed by atoms with Crippen LogP contribution in [-0.2, 0) is 11.2 Å². The normalized spacial score (nSPS) is 25.1. The number of likely N-dealkylation sites (tertiary alicyclic amines) is 1. The van der Waals surface area contributed by atoms with Gasteiger partial charge < -0.3 is 10.1 Å². The smallest absolute Gasteiger partial charge is 0.124 e. The van der Waals surface area contributed by atoms with E-state index < -0.39 is 0 Å². The van der Waals surface area contributed by atoms with E-state index in [1.54, 1.807) is 12.1 Å². The van der Waals surface area contributed by atoms with Gasteiger partial charge in [0.25, 0.3) is 0 Å². The molecule has 4 aliphatic rings. The Kier molecular flexibility index (Phi) is 4.96. The molecule has 1 aromatic carbocycles. The number of halogens is 1. The van der Waals surface area contributed by atoms with Crippen molar-refractivity contribution in [2.75, 3.05) is 26.3 Å². The van der Waals surface area contributed by atoms with E-state index >= 15 is 0 Å². The van der Waals surface area contributed by atoms with E-state index in [0.29, 0.717) is 17.5 Å². The summed E-state index contributed by atoms with van der Waals surface area (Å²) in [7, 11) is 0. The number of nitrogens with zero attached hydrogens (tertiary/aromatic N) is 1. The molecule has 1 N–H and O–H groups in total. The predicted molar refractivity (Wildman–Crippen MR) is 111 cm³/mol. The molecule has 4 heteroatoms. The lowest BCUT2D eigenvalue weighted by Gasteiger charge is -2.54. The van der Waals surface area contributed by atoms with E-state index in [9.17, 15) is 4.39 Å². The van der Waals surface area contributed by atoms with E-state index in [0.717, 1.165) is 43.6 Å². The van der Waals surface area contributed by atoms with Crippen LogP contribution >= 0.6 is 0 Å². The maximum atomic E-state index is 14.2. The third-order valence-electron chi connectivity index (χ3n) is 7.67. The van der Waals surface area contributed by atoms with Crippen LogP contribution in [-0.4, -0.2) is 43.3 Å². The van der Waals surface area contributed by atoms with E-state index in [4.69, 9.17) is 4.74 Å². The summed E-state index contributed by atoms with van der Waals surface area (Å²) in [6.45, 7) is 6.43. The van der Waals surface area contributed by atoms with Crippen LogP contribution in [0.1, 0.15) is 63.0 Å². The van der Waals surface area contributed by atoms with Gasteiger partial charge in [-0.3, -0.25) is 4.90 Å². The van der Waals surface area contributed by atoms with E-state index in [-0.39, 0.29) is 5.82 Å². The summed E-state index contributed by atoms with van der Waals surface area (Å²) in [6.07, 6.45) is 9.67. The largest absolute Gasteiger partial charge is 0.382 e. The van der Waals surface area contributed by atoms with Crippen LogP contribution in [0.2, 0.25) is 0 Å². The molecule has 2 saturated heterocycles. The number of allylic oxidation sites excluding steroid dienone is 1. The van der Waals surface area contributed by atoms with Gasteiger partial charge in [-0.15, -0.1) is 0 Å². The van der Waals surface area contributed by atoms with Crippen molar-refractivity contribution in [3.8, 4) is 0 Å². The molecule has 5 rings (SSSR count). The third-order valence-corrected chi connectivity index (χ3v) is 7.67. The van der Waals surface area contributed by atoms with Gasteiger partial charge in [-0.1, -0.05) is 6.92 Å². The van der Waals surface area contributed by atoms with Crippen LogP contribution < -0.4 is 5.32 Å². The van der Waals surface area contributed by atoms with Gasteiger partial charge in [0.2, 0.25) is 0 Å². The Morgan fingerprint density at radius 2 is 1.93 bits per heavy atom. The lowest BCUT2D eigenvalue weighted by molar-refractivity contribution is -0.0929. The molecule has 1 spiro atoms. The third kappa shape index (κ3) is 3.50. The number of aryl methyl sites for hydroxylation is 1. The molecule has 2 aliphatic heterocycles. The monoisotopic (exact) mass is 384 g/mol. The molecule has 28 heavy (non-hydrogen) atoms. The molecule has 2 saturated carbocycles. The number of ether oxygens (including phenoxy) is 1. The lowest BCUT2D eigenvalue weighted by atomic mass is 9.60. The highest BCUT2D eigenvalue weighted by molar-refractivity contribution is 5.69. The molecule has 152 valence electrons. The van der Waals surface area contributed by atoms with Crippen molar-refractivity contribution in [1.82, 2.24) is 10.2 Å². The second-order valence-electron chi connectivity index (χ2n) is 9.51. The van der Waals surface area contributed by atoms with Crippen LogP contribution in [0, 0.1) is 11.2 Å². The average Bonchev–Trinajstić information content (AvgIpc) is 2.57. The Hall–Kier alpha value is -1.39. The number of benzene rings is 1. The number of piperidine rings is 1. The number of rotatable bonds is 5. The van der Waals surface area contributed by atoms with Crippen LogP contribution in [0.3, 0.4) is 0 Å². The molecule has 3 nitrogen and oxygen atoms in total. The zero-order valence-electron chi connectivity index (χ0n) is 17.1. The molecule has 2 aliphatic carbocycles. The molecule has 1 aromatic rings. The van der Waals surface area contributed by atoms with Crippen molar-refractivity contribution in [3.05, 3.63) is 40.7 Å². The van der Waals surface area contributed by atoms with Crippen LogP contribution in [0.5, 0.6) is 0 Å². The Labute approximate surface area is 168 Å². The van der Waals surface area contributed by atoms with E-state index in [2.05, 4.69) is 23.2 Å². The second kappa shape index (κ2) is 7.46. The number of hydrogen-bond donors (Lipinski definition) is 1.